The Morgan fingerprint density at radius 1 is 1.17 bits per heavy atom. The molecule has 3 rings (SSSR count). The number of aryl methyl sites for hydroxylation is 2. The highest BCUT2D eigenvalue weighted by atomic mass is 32.1. The molecule has 1 saturated heterocycles. The number of hydrogen-bond donors (Lipinski definition) is 0. The number of thiophene rings is 1. The molecule has 0 bridgehead atoms. The molecule has 3 heterocycles. The molecular formula is C21H31N3O4S. The first-order valence-electron chi connectivity index (χ1n) is 10.5. The van der Waals surface area contributed by atoms with Gasteiger partial charge < -0.3 is 9.47 Å². The zero-order valence-corrected chi connectivity index (χ0v) is 18.5. The Hall–Kier alpha value is -1.77. The first-order valence-corrected chi connectivity index (χ1v) is 11.3. The summed E-state index contributed by atoms with van der Waals surface area (Å²) in [6, 6.07) is 0. The van der Waals surface area contributed by atoms with Crippen LogP contribution in [0.5, 0.6) is 0 Å². The van der Waals surface area contributed by atoms with E-state index in [0.717, 1.165) is 54.0 Å². The van der Waals surface area contributed by atoms with E-state index in [-0.39, 0.29) is 18.7 Å². The second-order valence-electron chi connectivity index (χ2n) is 7.55. The summed E-state index contributed by atoms with van der Waals surface area (Å²) in [6.07, 6.45) is 4.38. The largest absolute Gasteiger partial charge is 0.462 e. The molecule has 2 aromatic rings. The summed E-state index contributed by atoms with van der Waals surface area (Å²) in [4.78, 5) is 34.5. The molecular weight excluding hydrogens is 390 g/mol. The molecule has 2 aromatic heterocycles. The molecule has 0 amide bonds. The number of aromatic nitrogens is 2. The lowest BCUT2D eigenvalue weighted by Gasteiger charge is -2.18. The normalized spacial score (nSPS) is 14.7. The number of unbranched alkanes of at least 4 members (excludes halogenated alkanes) is 1. The predicted octanol–water partition coefficient (Wildman–Crippen LogP) is 3.03. The molecule has 0 N–H and O–H groups in total. The molecule has 29 heavy (non-hydrogen) atoms. The van der Waals surface area contributed by atoms with Crippen LogP contribution in [-0.2, 0) is 27.4 Å². The number of esters is 1. The van der Waals surface area contributed by atoms with Crippen LogP contribution in [0.15, 0.2) is 4.79 Å². The van der Waals surface area contributed by atoms with Crippen LogP contribution in [-0.4, -0.2) is 53.3 Å². The highest BCUT2D eigenvalue weighted by Gasteiger charge is 2.21. The van der Waals surface area contributed by atoms with Gasteiger partial charge in [0.2, 0.25) is 0 Å². The summed E-state index contributed by atoms with van der Waals surface area (Å²) in [7, 11) is 0. The molecule has 0 unspecified atom stereocenters. The zero-order valence-electron chi connectivity index (χ0n) is 17.7. The van der Waals surface area contributed by atoms with Gasteiger partial charge in [-0.05, 0) is 51.8 Å². The van der Waals surface area contributed by atoms with E-state index in [1.54, 1.807) is 11.3 Å². The fourth-order valence-electron chi connectivity index (χ4n) is 3.53. The number of ether oxygens (including phenoxy) is 2. The average Bonchev–Trinajstić information content (AvgIpc) is 3.29. The summed E-state index contributed by atoms with van der Waals surface area (Å²) in [5.41, 5.74) is 0.795. The van der Waals surface area contributed by atoms with Crippen molar-refractivity contribution in [3.8, 4) is 0 Å². The molecule has 1 aliphatic heterocycles. The minimum atomic E-state index is -0.431. The van der Waals surface area contributed by atoms with Crippen LogP contribution >= 0.6 is 11.3 Å². The van der Waals surface area contributed by atoms with Crippen LogP contribution < -0.4 is 5.56 Å². The molecule has 0 aliphatic carbocycles. The van der Waals surface area contributed by atoms with E-state index in [2.05, 4.69) is 11.8 Å². The number of rotatable bonds is 10. The Morgan fingerprint density at radius 2 is 1.93 bits per heavy atom. The van der Waals surface area contributed by atoms with E-state index in [1.807, 2.05) is 13.8 Å². The van der Waals surface area contributed by atoms with Gasteiger partial charge in [-0.2, -0.15) is 0 Å². The number of hydrogen-bond acceptors (Lipinski definition) is 7. The van der Waals surface area contributed by atoms with Gasteiger partial charge in [-0.15, -0.1) is 11.3 Å². The van der Waals surface area contributed by atoms with E-state index in [4.69, 9.17) is 14.5 Å². The van der Waals surface area contributed by atoms with Gasteiger partial charge in [-0.25, -0.2) is 4.98 Å². The third-order valence-electron chi connectivity index (χ3n) is 5.35. The maximum absolute atomic E-state index is 13.2. The Balaban J connectivity index is 1.76. The number of fused-ring (bicyclic) bond motifs is 1. The summed E-state index contributed by atoms with van der Waals surface area (Å²) in [6.45, 7) is 9.74. The molecule has 1 aliphatic rings. The molecule has 0 radical (unpaired) electrons. The van der Waals surface area contributed by atoms with Gasteiger partial charge in [0.15, 0.2) is 0 Å². The fourth-order valence-corrected chi connectivity index (χ4v) is 4.57. The molecule has 7 nitrogen and oxygen atoms in total. The van der Waals surface area contributed by atoms with Crippen LogP contribution in [0.3, 0.4) is 0 Å². The van der Waals surface area contributed by atoms with Gasteiger partial charge in [0.05, 0.1) is 18.5 Å². The quantitative estimate of drug-likeness (QED) is 0.434. The second-order valence-corrected chi connectivity index (χ2v) is 8.76. The van der Waals surface area contributed by atoms with Crippen molar-refractivity contribution in [3.63, 3.8) is 0 Å². The highest BCUT2D eigenvalue weighted by molar-refractivity contribution is 7.18. The van der Waals surface area contributed by atoms with Crippen molar-refractivity contribution >= 4 is 27.5 Å². The average molecular weight is 422 g/mol. The first-order chi connectivity index (χ1) is 14.0. The summed E-state index contributed by atoms with van der Waals surface area (Å²) < 4.78 is 12.2. The van der Waals surface area contributed by atoms with Crippen LogP contribution in [0, 0.1) is 13.8 Å². The van der Waals surface area contributed by atoms with Gasteiger partial charge in [-0.3, -0.25) is 19.1 Å². The summed E-state index contributed by atoms with van der Waals surface area (Å²) >= 11 is 1.54. The first kappa shape index (κ1) is 21.9. The molecule has 0 spiro atoms. The summed E-state index contributed by atoms with van der Waals surface area (Å²) in [5.74, 6) is 0.210. The minimum Gasteiger partial charge on any atom is -0.462 e. The number of carbonyl (C=O) groups excluding carboxylic acids is 1. The number of likely N-dealkylation sites (tertiary alicyclic amines) is 1. The van der Waals surface area contributed by atoms with Gasteiger partial charge in [0.1, 0.15) is 23.8 Å². The zero-order chi connectivity index (χ0) is 20.8. The van der Waals surface area contributed by atoms with E-state index in [1.165, 1.54) is 4.57 Å². The lowest BCUT2D eigenvalue weighted by molar-refractivity contribution is -0.146. The fraction of sp³-hybridized carbons (Fsp3) is 0.667. The standard InChI is InChI=1S/C21H31N3O4S/c1-4-5-10-27-11-12-28-18(25)14-24-17(13-23-8-6-7-9-23)22-20-19(21(24)26)15(2)16(3)29-20/h4-14H2,1-3H3. The van der Waals surface area contributed by atoms with Crippen LogP contribution in [0.4, 0.5) is 0 Å². The van der Waals surface area contributed by atoms with Crippen LogP contribution in [0.2, 0.25) is 0 Å². The smallest absolute Gasteiger partial charge is 0.326 e. The van der Waals surface area contributed by atoms with E-state index >= 15 is 0 Å². The third-order valence-corrected chi connectivity index (χ3v) is 6.45. The predicted molar refractivity (Wildman–Crippen MR) is 115 cm³/mol. The Bertz CT molecular complexity index is 899. The van der Waals surface area contributed by atoms with Gasteiger partial charge >= 0.3 is 5.97 Å². The van der Waals surface area contributed by atoms with Gasteiger partial charge in [-0.1, -0.05) is 13.3 Å². The van der Waals surface area contributed by atoms with Crippen molar-refractivity contribution in [2.75, 3.05) is 32.9 Å². The maximum atomic E-state index is 13.2. The van der Waals surface area contributed by atoms with E-state index in [0.29, 0.717) is 31.0 Å². The van der Waals surface area contributed by atoms with E-state index < -0.39 is 5.97 Å². The minimum absolute atomic E-state index is 0.117. The Kier molecular flexibility index (Phi) is 7.80. The molecule has 0 atom stereocenters. The SMILES string of the molecule is CCCCOCCOC(=O)Cn1c(CN2CCCC2)nc2sc(C)c(C)c2c1=O. The molecule has 1 fully saturated rings. The van der Waals surface area contributed by atoms with Gasteiger partial charge in [0.25, 0.3) is 5.56 Å². The van der Waals surface area contributed by atoms with E-state index in [9.17, 15) is 9.59 Å². The second kappa shape index (κ2) is 10.3. The maximum Gasteiger partial charge on any atom is 0.326 e. The van der Waals surface area contributed by atoms with Crippen molar-refractivity contribution in [3.05, 3.63) is 26.6 Å². The molecule has 0 saturated carbocycles. The molecule has 160 valence electrons. The van der Waals surface area contributed by atoms with Crippen molar-refractivity contribution in [1.82, 2.24) is 14.5 Å². The number of nitrogens with zero attached hydrogens (tertiary/aromatic N) is 3. The lowest BCUT2D eigenvalue weighted by atomic mass is 10.2. The Morgan fingerprint density at radius 3 is 2.66 bits per heavy atom. The van der Waals surface area contributed by atoms with Crippen molar-refractivity contribution in [1.29, 1.82) is 0 Å². The third kappa shape index (κ3) is 5.43. The molecule has 8 heteroatoms. The number of carbonyl (C=O) groups is 1. The van der Waals surface area contributed by atoms with Crippen LogP contribution in [0.25, 0.3) is 10.2 Å². The monoisotopic (exact) mass is 421 g/mol. The highest BCUT2D eigenvalue weighted by Crippen LogP contribution is 2.26. The lowest BCUT2D eigenvalue weighted by Crippen LogP contribution is -2.32. The van der Waals surface area contributed by atoms with Crippen molar-refractivity contribution in [2.45, 2.75) is 59.5 Å². The molecule has 0 aromatic carbocycles. The van der Waals surface area contributed by atoms with Gasteiger partial charge in [0, 0.05) is 11.5 Å². The topological polar surface area (TPSA) is 73.7 Å². The van der Waals surface area contributed by atoms with Crippen LogP contribution in [0.1, 0.15) is 48.9 Å². The summed E-state index contributed by atoms with van der Waals surface area (Å²) in [5, 5.41) is 0.619. The van der Waals surface area contributed by atoms with Crippen molar-refractivity contribution in [2.24, 2.45) is 0 Å². The Labute approximate surface area is 175 Å². The van der Waals surface area contributed by atoms with Crippen molar-refractivity contribution < 1.29 is 14.3 Å².